The molecular formula is C26H32N4O5. The standard InChI is InChI=1S/C26H32N4O5/c1-29-9-11-30(12-10-29)24(32)15-19-14-21-20-13-18(28-26(33)27-17-5-3-2-4-6-17)7-8-22(20)35-25(21)23(16-31)34-19/h2-8,13,19,21,23,25,31H,9-12,14-16H2,1H3,(H2,27,28,33)/t19-,21-,23-,25+/m1/s1. The molecule has 4 atom stereocenters. The number of amides is 3. The van der Waals surface area contributed by atoms with Gasteiger partial charge in [0.25, 0.3) is 0 Å². The molecule has 2 aromatic carbocycles. The Morgan fingerprint density at radius 1 is 1.03 bits per heavy atom. The number of anilines is 2. The van der Waals surface area contributed by atoms with Gasteiger partial charge in [-0.3, -0.25) is 4.79 Å². The molecule has 2 fully saturated rings. The van der Waals surface area contributed by atoms with Crippen LogP contribution in [-0.4, -0.2) is 85.0 Å². The van der Waals surface area contributed by atoms with E-state index in [0.717, 1.165) is 37.5 Å². The molecule has 3 aliphatic heterocycles. The molecule has 0 spiro atoms. The molecule has 186 valence electrons. The monoisotopic (exact) mass is 480 g/mol. The highest BCUT2D eigenvalue weighted by Gasteiger charge is 2.46. The maximum absolute atomic E-state index is 12.9. The summed E-state index contributed by atoms with van der Waals surface area (Å²) >= 11 is 0. The molecule has 0 unspecified atom stereocenters. The molecule has 3 heterocycles. The summed E-state index contributed by atoms with van der Waals surface area (Å²) < 4.78 is 12.2. The van der Waals surface area contributed by atoms with Crippen molar-refractivity contribution in [2.75, 3.05) is 50.5 Å². The zero-order chi connectivity index (χ0) is 24.4. The predicted octanol–water partition coefficient (Wildman–Crippen LogP) is 2.49. The van der Waals surface area contributed by atoms with Crippen LogP contribution in [0.1, 0.15) is 24.3 Å². The number of hydrogen-bond acceptors (Lipinski definition) is 6. The summed E-state index contributed by atoms with van der Waals surface area (Å²) in [5.74, 6) is 0.785. The number of aliphatic hydroxyl groups is 1. The first-order valence-corrected chi connectivity index (χ1v) is 12.2. The molecule has 0 radical (unpaired) electrons. The fourth-order valence-corrected chi connectivity index (χ4v) is 5.16. The summed E-state index contributed by atoms with van der Waals surface area (Å²) in [6.07, 6.45) is -0.223. The third kappa shape index (κ3) is 5.27. The van der Waals surface area contributed by atoms with Crippen LogP contribution in [0.15, 0.2) is 48.5 Å². The number of aliphatic hydroxyl groups excluding tert-OH is 1. The number of carbonyl (C=O) groups excluding carboxylic acids is 2. The molecule has 0 aliphatic carbocycles. The second-order valence-corrected chi connectivity index (χ2v) is 9.49. The SMILES string of the molecule is CN1CCN(C(=O)C[C@H]2C[C@@H]3c4cc(NC(=O)Nc5ccccc5)ccc4O[C@@H]3[C@@H](CO)O2)CC1. The summed E-state index contributed by atoms with van der Waals surface area (Å²) in [6, 6.07) is 14.5. The summed E-state index contributed by atoms with van der Waals surface area (Å²) in [4.78, 5) is 29.5. The Bertz CT molecular complexity index is 1060. The Hall–Kier alpha value is -3.14. The van der Waals surface area contributed by atoms with Crippen LogP contribution in [0.3, 0.4) is 0 Å². The molecule has 3 amide bonds. The van der Waals surface area contributed by atoms with Gasteiger partial charge in [-0.15, -0.1) is 0 Å². The van der Waals surface area contributed by atoms with Crippen molar-refractivity contribution in [1.82, 2.24) is 9.80 Å². The van der Waals surface area contributed by atoms with Crippen molar-refractivity contribution in [2.24, 2.45) is 0 Å². The van der Waals surface area contributed by atoms with Crippen LogP contribution in [0.4, 0.5) is 16.2 Å². The third-order valence-electron chi connectivity index (χ3n) is 7.05. The second kappa shape index (κ2) is 10.2. The Morgan fingerprint density at radius 2 is 1.77 bits per heavy atom. The number of para-hydroxylation sites is 1. The van der Waals surface area contributed by atoms with Gasteiger partial charge in [-0.05, 0) is 43.8 Å². The van der Waals surface area contributed by atoms with Crippen LogP contribution in [0.5, 0.6) is 5.75 Å². The van der Waals surface area contributed by atoms with E-state index in [1.165, 1.54) is 0 Å². The number of rotatable bonds is 5. The average Bonchev–Trinajstić information content (AvgIpc) is 3.22. The first kappa shape index (κ1) is 23.6. The summed E-state index contributed by atoms with van der Waals surface area (Å²) in [6.45, 7) is 3.01. The van der Waals surface area contributed by atoms with Crippen LogP contribution in [0.2, 0.25) is 0 Å². The fraction of sp³-hybridized carbons (Fsp3) is 0.462. The van der Waals surface area contributed by atoms with E-state index in [0.29, 0.717) is 17.8 Å². The van der Waals surface area contributed by atoms with Crippen LogP contribution in [-0.2, 0) is 9.53 Å². The van der Waals surface area contributed by atoms with Gasteiger partial charge in [0.2, 0.25) is 5.91 Å². The van der Waals surface area contributed by atoms with Gasteiger partial charge in [-0.2, -0.15) is 0 Å². The molecule has 9 heteroatoms. The van der Waals surface area contributed by atoms with Gasteiger partial charge < -0.3 is 35.0 Å². The third-order valence-corrected chi connectivity index (χ3v) is 7.05. The van der Waals surface area contributed by atoms with E-state index in [2.05, 4.69) is 22.6 Å². The molecule has 0 saturated carbocycles. The van der Waals surface area contributed by atoms with E-state index in [1.54, 1.807) is 6.07 Å². The van der Waals surface area contributed by atoms with Gasteiger partial charge in [-0.1, -0.05) is 18.2 Å². The molecule has 0 aromatic heterocycles. The predicted molar refractivity (Wildman–Crippen MR) is 132 cm³/mol. The average molecular weight is 481 g/mol. The highest BCUT2D eigenvalue weighted by atomic mass is 16.6. The molecule has 9 nitrogen and oxygen atoms in total. The Kier molecular flexibility index (Phi) is 6.90. The number of fused-ring (bicyclic) bond motifs is 3. The molecule has 3 aliphatic rings. The molecule has 2 saturated heterocycles. The minimum atomic E-state index is -0.510. The summed E-state index contributed by atoms with van der Waals surface area (Å²) in [5.41, 5.74) is 2.32. The van der Waals surface area contributed by atoms with Gasteiger partial charge in [0, 0.05) is 49.0 Å². The van der Waals surface area contributed by atoms with Crippen LogP contribution >= 0.6 is 0 Å². The number of piperazine rings is 1. The highest BCUT2D eigenvalue weighted by molar-refractivity contribution is 5.99. The van der Waals surface area contributed by atoms with Crippen molar-refractivity contribution in [3.05, 3.63) is 54.1 Å². The largest absolute Gasteiger partial charge is 0.487 e. The van der Waals surface area contributed by atoms with Crippen LogP contribution in [0, 0.1) is 0 Å². The number of hydrogen-bond donors (Lipinski definition) is 3. The van der Waals surface area contributed by atoms with Crippen molar-refractivity contribution >= 4 is 23.3 Å². The lowest BCUT2D eigenvalue weighted by Crippen LogP contribution is -2.50. The first-order chi connectivity index (χ1) is 17.0. The molecule has 3 N–H and O–H groups in total. The van der Waals surface area contributed by atoms with Crippen molar-refractivity contribution in [1.29, 1.82) is 0 Å². The molecular weight excluding hydrogens is 448 g/mol. The van der Waals surface area contributed by atoms with Crippen LogP contribution in [0.25, 0.3) is 0 Å². The number of carbonyl (C=O) groups is 2. The van der Waals surface area contributed by atoms with Crippen molar-refractivity contribution in [3.8, 4) is 5.75 Å². The Morgan fingerprint density at radius 3 is 2.51 bits per heavy atom. The van der Waals surface area contributed by atoms with E-state index in [1.807, 2.05) is 47.4 Å². The van der Waals surface area contributed by atoms with Gasteiger partial charge in [-0.25, -0.2) is 4.79 Å². The van der Waals surface area contributed by atoms with E-state index < -0.39 is 6.10 Å². The Balaban J connectivity index is 1.26. The zero-order valence-corrected chi connectivity index (χ0v) is 19.9. The zero-order valence-electron chi connectivity index (χ0n) is 19.9. The van der Waals surface area contributed by atoms with Gasteiger partial charge in [0.05, 0.1) is 19.1 Å². The van der Waals surface area contributed by atoms with Gasteiger partial charge >= 0.3 is 6.03 Å². The Labute approximate surface area is 205 Å². The lowest BCUT2D eigenvalue weighted by atomic mass is 9.84. The first-order valence-electron chi connectivity index (χ1n) is 12.2. The molecule has 2 aromatic rings. The van der Waals surface area contributed by atoms with Crippen LogP contribution < -0.4 is 15.4 Å². The normalized spacial score (nSPS) is 25.8. The summed E-state index contributed by atoms with van der Waals surface area (Å²) in [7, 11) is 2.06. The van der Waals surface area contributed by atoms with E-state index in [-0.39, 0.29) is 43.1 Å². The maximum Gasteiger partial charge on any atom is 0.323 e. The topological polar surface area (TPSA) is 103 Å². The molecule has 0 bridgehead atoms. The number of urea groups is 1. The number of nitrogens with one attached hydrogen (secondary N) is 2. The number of ether oxygens (including phenoxy) is 2. The lowest BCUT2D eigenvalue weighted by molar-refractivity contribution is -0.150. The molecule has 5 rings (SSSR count). The second-order valence-electron chi connectivity index (χ2n) is 9.49. The minimum absolute atomic E-state index is 0.0277. The summed E-state index contributed by atoms with van der Waals surface area (Å²) in [5, 5.41) is 15.7. The van der Waals surface area contributed by atoms with Crippen molar-refractivity contribution in [2.45, 2.75) is 37.1 Å². The number of nitrogens with zero attached hydrogens (tertiary/aromatic N) is 2. The lowest BCUT2D eigenvalue weighted by Gasteiger charge is -2.38. The minimum Gasteiger partial charge on any atom is -0.487 e. The van der Waals surface area contributed by atoms with E-state index in [4.69, 9.17) is 9.47 Å². The van der Waals surface area contributed by atoms with Gasteiger partial charge in [0.15, 0.2) is 0 Å². The quantitative estimate of drug-likeness (QED) is 0.608. The maximum atomic E-state index is 12.9. The van der Waals surface area contributed by atoms with Crippen molar-refractivity contribution in [3.63, 3.8) is 0 Å². The van der Waals surface area contributed by atoms with E-state index in [9.17, 15) is 14.7 Å². The number of benzene rings is 2. The van der Waals surface area contributed by atoms with Gasteiger partial charge in [0.1, 0.15) is 18.0 Å². The van der Waals surface area contributed by atoms with Crippen molar-refractivity contribution < 1.29 is 24.2 Å². The number of likely N-dealkylation sites (N-methyl/N-ethyl adjacent to an activating group) is 1. The fourth-order valence-electron chi connectivity index (χ4n) is 5.16. The highest BCUT2D eigenvalue weighted by Crippen LogP contribution is 2.47. The van der Waals surface area contributed by atoms with E-state index >= 15 is 0 Å². The smallest absolute Gasteiger partial charge is 0.323 e. The molecule has 35 heavy (non-hydrogen) atoms.